The molecule has 1 N–H and O–H groups in total. The van der Waals surface area contributed by atoms with Crippen LogP contribution in [0.3, 0.4) is 0 Å². The summed E-state index contributed by atoms with van der Waals surface area (Å²) in [5.74, 6) is 1.91. The van der Waals surface area contributed by atoms with Crippen molar-refractivity contribution < 1.29 is 0 Å². The molecule has 4 heterocycles. The second-order valence-electron chi connectivity index (χ2n) is 7.20. The molecular weight excluding hydrogens is 322 g/mol. The quantitative estimate of drug-likeness (QED) is 0.617. The zero-order chi connectivity index (χ0) is 17.3. The number of nitrogens with one attached hydrogen (secondary N) is 1. The third kappa shape index (κ3) is 2.88. The first-order chi connectivity index (χ1) is 12.9. The number of piperidine rings is 1. The average molecular weight is 345 g/mol. The maximum Gasteiger partial charge on any atom is 0.137 e. The summed E-state index contributed by atoms with van der Waals surface area (Å²) in [5, 5.41) is 3.46. The minimum Gasteiger partial charge on any atom is -0.322 e. The number of hydrogen-bond donors (Lipinski definition) is 1. The third-order valence-electron chi connectivity index (χ3n) is 5.40. The van der Waals surface area contributed by atoms with E-state index >= 15 is 0 Å². The predicted octanol–water partition coefficient (Wildman–Crippen LogP) is 3.27. The van der Waals surface area contributed by atoms with Crippen molar-refractivity contribution in [2.45, 2.75) is 25.8 Å². The Kier molecular flexibility index (Phi) is 3.94. The van der Waals surface area contributed by atoms with Gasteiger partial charge in [-0.25, -0.2) is 9.97 Å². The first kappa shape index (κ1) is 15.6. The number of fused-ring (bicyclic) bond motifs is 2. The zero-order valence-electron chi connectivity index (χ0n) is 14.8. The minimum atomic E-state index is 0.716. The smallest absolute Gasteiger partial charge is 0.137 e. The van der Waals surface area contributed by atoms with Crippen molar-refractivity contribution in [1.82, 2.24) is 24.3 Å². The first-order valence-corrected chi connectivity index (χ1v) is 9.44. The van der Waals surface area contributed by atoms with E-state index in [-0.39, 0.29) is 0 Å². The van der Waals surface area contributed by atoms with Crippen molar-refractivity contribution in [3.8, 4) is 0 Å². The van der Waals surface area contributed by atoms with Gasteiger partial charge in [0.15, 0.2) is 0 Å². The van der Waals surface area contributed by atoms with Gasteiger partial charge >= 0.3 is 0 Å². The molecule has 1 saturated heterocycles. The Morgan fingerprint density at radius 3 is 2.73 bits per heavy atom. The maximum absolute atomic E-state index is 4.96. The highest BCUT2D eigenvalue weighted by Gasteiger charge is 2.19. The predicted molar refractivity (Wildman–Crippen MR) is 103 cm³/mol. The van der Waals surface area contributed by atoms with Crippen molar-refractivity contribution in [3.63, 3.8) is 0 Å². The summed E-state index contributed by atoms with van der Waals surface area (Å²) in [6.45, 7) is 3.01. The molecule has 0 atom stereocenters. The molecule has 4 aromatic rings. The van der Waals surface area contributed by atoms with Crippen molar-refractivity contribution in [2.24, 2.45) is 5.92 Å². The van der Waals surface area contributed by atoms with Crippen LogP contribution >= 0.6 is 0 Å². The van der Waals surface area contributed by atoms with E-state index in [4.69, 9.17) is 9.97 Å². The van der Waals surface area contributed by atoms with Gasteiger partial charge in [0.2, 0.25) is 0 Å². The molecule has 1 fully saturated rings. The third-order valence-corrected chi connectivity index (χ3v) is 5.40. The van der Waals surface area contributed by atoms with Gasteiger partial charge in [0.05, 0.1) is 23.3 Å². The van der Waals surface area contributed by atoms with Gasteiger partial charge in [-0.3, -0.25) is 0 Å². The fourth-order valence-corrected chi connectivity index (χ4v) is 4.03. The maximum atomic E-state index is 4.96. The van der Waals surface area contributed by atoms with Crippen LogP contribution in [-0.2, 0) is 13.0 Å². The molecule has 0 unspecified atom stereocenters. The van der Waals surface area contributed by atoms with E-state index in [0.29, 0.717) is 5.92 Å². The lowest BCUT2D eigenvalue weighted by Crippen LogP contribution is -2.29. The number of pyridine rings is 1. The lowest BCUT2D eigenvalue weighted by Gasteiger charge is -2.22. The van der Waals surface area contributed by atoms with Crippen LogP contribution in [-0.4, -0.2) is 32.0 Å². The normalized spacial score (nSPS) is 15.8. The monoisotopic (exact) mass is 345 g/mol. The van der Waals surface area contributed by atoms with Gasteiger partial charge in [-0.1, -0.05) is 18.2 Å². The van der Waals surface area contributed by atoms with E-state index in [2.05, 4.69) is 44.7 Å². The van der Waals surface area contributed by atoms with E-state index in [1.54, 1.807) is 0 Å². The van der Waals surface area contributed by atoms with Crippen molar-refractivity contribution in [1.29, 1.82) is 0 Å². The topological polar surface area (TPSA) is 47.2 Å². The molecule has 0 radical (unpaired) electrons. The van der Waals surface area contributed by atoms with Gasteiger partial charge in [0.1, 0.15) is 11.5 Å². The highest BCUT2D eigenvalue weighted by atomic mass is 15.1. The number of nitrogens with zero attached hydrogens (tertiary/aromatic N) is 4. The van der Waals surface area contributed by atoms with E-state index in [0.717, 1.165) is 42.9 Å². The Bertz CT molecular complexity index is 1010. The first-order valence-electron chi connectivity index (χ1n) is 9.44. The molecule has 3 aromatic heterocycles. The Morgan fingerprint density at radius 1 is 1.00 bits per heavy atom. The van der Waals surface area contributed by atoms with Crippen LogP contribution in [0.2, 0.25) is 0 Å². The lowest BCUT2D eigenvalue weighted by atomic mass is 9.94. The highest BCUT2D eigenvalue weighted by Crippen LogP contribution is 2.23. The average Bonchev–Trinajstić information content (AvgIpc) is 3.24. The number of rotatable bonds is 4. The lowest BCUT2D eigenvalue weighted by molar-refractivity contribution is 0.364. The summed E-state index contributed by atoms with van der Waals surface area (Å²) < 4.78 is 4.44. The summed E-state index contributed by atoms with van der Waals surface area (Å²) >= 11 is 0. The molecule has 0 aliphatic carbocycles. The van der Waals surface area contributed by atoms with Crippen LogP contribution in [0.15, 0.2) is 54.9 Å². The largest absolute Gasteiger partial charge is 0.322 e. The molecule has 0 spiro atoms. The van der Waals surface area contributed by atoms with Gasteiger partial charge in [0, 0.05) is 18.8 Å². The van der Waals surface area contributed by atoms with Crippen molar-refractivity contribution >= 4 is 16.7 Å². The van der Waals surface area contributed by atoms with E-state index in [9.17, 15) is 0 Å². The van der Waals surface area contributed by atoms with Crippen molar-refractivity contribution in [2.75, 3.05) is 13.1 Å². The van der Waals surface area contributed by atoms with Crippen LogP contribution in [0, 0.1) is 5.92 Å². The van der Waals surface area contributed by atoms with E-state index in [1.807, 2.05) is 24.4 Å². The summed E-state index contributed by atoms with van der Waals surface area (Å²) in [4.78, 5) is 9.75. The Labute approximate surface area is 152 Å². The summed E-state index contributed by atoms with van der Waals surface area (Å²) in [6, 6.07) is 14.6. The molecule has 5 rings (SSSR count). The molecule has 1 aliphatic rings. The SMILES string of the molecule is c1ccc2c(c1)nc(CC1CCNCC1)n2Cc1cn2ccccc2n1. The van der Waals surface area contributed by atoms with E-state index < -0.39 is 0 Å². The zero-order valence-corrected chi connectivity index (χ0v) is 14.8. The molecule has 0 bridgehead atoms. The molecule has 0 amide bonds. The molecule has 1 aliphatic heterocycles. The molecule has 5 heteroatoms. The van der Waals surface area contributed by atoms with Gasteiger partial charge < -0.3 is 14.3 Å². The second kappa shape index (κ2) is 6.57. The molecule has 0 saturated carbocycles. The summed E-state index contributed by atoms with van der Waals surface area (Å²) in [6.07, 6.45) is 7.69. The second-order valence-corrected chi connectivity index (χ2v) is 7.20. The van der Waals surface area contributed by atoms with Gasteiger partial charge in [-0.15, -0.1) is 0 Å². The number of para-hydroxylation sites is 2. The Balaban J connectivity index is 1.52. The fraction of sp³-hybridized carbons (Fsp3) is 0.333. The number of imidazole rings is 2. The number of aromatic nitrogens is 4. The minimum absolute atomic E-state index is 0.716. The van der Waals surface area contributed by atoms with Crippen LogP contribution in [0.5, 0.6) is 0 Å². The summed E-state index contributed by atoms with van der Waals surface area (Å²) in [7, 11) is 0. The Hall–Kier alpha value is -2.66. The highest BCUT2D eigenvalue weighted by molar-refractivity contribution is 5.76. The number of benzene rings is 1. The molecular formula is C21H23N5. The van der Waals surface area contributed by atoms with Crippen LogP contribution < -0.4 is 5.32 Å². The molecule has 5 nitrogen and oxygen atoms in total. The van der Waals surface area contributed by atoms with E-state index in [1.165, 1.54) is 24.2 Å². The molecule has 132 valence electrons. The van der Waals surface area contributed by atoms with Crippen LogP contribution in [0.1, 0.15) is 24.4 Å². The number of hydrogen-bond acceptors (Lipinski definition) is 3. The molecule has 26 heavy (non-hydrogen) atoms. The van der Waals surface area contributed by atoms with Crippen molar-refractivity contribution in [3.05, 3.63) is 66.4 Å². The van der Waals surface area contributed by atoms with Crippen LogP contribution in [0.25, 0.3) is 16.7 Å². The molecule has 1 aromatic carbocycles. The standard InChI is InChI=1S/C21H23N5/c1-2-6-19-18(5-1)24-21(13-16-8-10-22-11-9-16)26(19)15-17-14-25-12-4-3-7-20(25)23-17/h1-7,12,14,16,22H,8-11,13,15H2. The van der Waals surface area contributed by atoms with Gasteiger partial charge in [-0.05, 0) is 56.1 Å². The fourth-order valence-electron chi connectivity index (χ4n) is 4.03. The summed E-state index contributed by atoms with van der Waals surface area (Å²) in [5.41, 5.74) is 4.35. The van der Waals surface area contributed by atoms with Gasteiger partial charge in [-0.2, -0.15) is 0 Å². The Morgan fingerprint density at radius 2 is 1.85 bits per heavy atom. The van der Waals surface area contributed by atoms with Gasteiger partial charge in [0.25, 0.3) is 0 Å². The van der Waals surface area contributed by atoms with Crippen LogP contribution in [0.4, 0.5) is 0 Å².